The number of allylic oxidation sites excluding steroid dienone is 5. The van der Waals surface area contributed by atoms with Gasteiger partial charge in [-0.15, -0.1) is 0 Å². The maximum atomic E-state index is 15.1. The highest BCUT2D eigenvalue weighted by Crippen LogP contribution is 2.67. The lowest BCUT2D eigenvalue weighted by Crippen LogP contribution is -2.61. The van der Waals surface area contributed by atoms with Gasteiger partial charge in [-0.25, -0.2) is 9.18 Å². The molecule has 4 rings (SSSR count). The monoisotopic (exact) mass is 392 g/mol. The number of carboxylic acids is 1. The first-order valence-electron chi connectivity index (χ1n) is 9.61. The summed E-state index contributed by atoms with van der Waals surface area (Å²) in [4.78, 5) is 24.0. The third-order valence-electron chi connectivity index (χ3n) is 8.11. The highest BCUT2D eigenvalue weighted by molar-refractivity contribution is 6.06. The van der Waals surface area contributed by atoms with Crippen LogP contribution in [0.2, 0.25) is 0 Å². The second-order valence-electron chi connectivity index (χ2n) is 9.29. The topological polar surface area (TPSA) is 115 Å². The molecule has 6 unspecified atom stereocenters. The Morgan fingerprint density at radius 2 is 2.04 bits per heavy atom. The van der Waals surface area contributed by atoms with Crippen LogP contribution in [0, 0.1) is 28.6 Å². The summed E-state index contributed by atoms with van der Waals surface area (Å²) < 4.78 is 15.1. The van der Waals surface area contributed by atoms with Crippen molar-refractivity contribution < 1.29 is 34.4 Å². The number of hydrogen-bond donors (Lipinski definition) is 4. The fourth-order valence-electron chi connectivity index (χ4n) is 6.68. The average Bonchev–Trinajstić information content (AvgIpc) is 2.88. The van der Waals surface area contributed by atoms with E-state index >= 15 is 4.39 Å². The summed E-state index contributed by atoms with van der Waals surface area (Å²) in [7, 11) is 0. The molecule has 28 heavy (non-hydrogen) atoms. The first-order valence-corrected chi connectivity index (χ1v) is 9.61. The summed E-state index contributed by atoms with van der Waals surface area (Å²) in [6.07, 6.45) is 2.98. The summed E-state index contributed by atoms with van der Waals surface area (Å²) in [5.41, 5.74) is -3.58. The second kappa shape index (κ2) is 5.76. The number of ketones is 1. The molecule has 4 aliphatic carbocycles. The maximum Gasteiger partial charge on any atom is 0.336 e. The minimum absolute atomic E-state index is 0.0502. The third-order valence-corrected chi connectivity index (χ3v) is 8.11. The third kappa shape index (κ3) is 2.14. The van der Waals surface area contributed by atoms with E-state index < -0.39 is 52.0 Å². The van der Waals surface area contributed by atoms with Gasteiger partial charge in [-0.1, -0.05) is 13.8 Å². The van der Waals surface area contributed by atoms with E-state index in [-0.39, 0.29) is 36.3 Å². The molecule has 0 bridgehead atoms. The number of fused-ring (bicyclic) bond motifs is 5. The van der Waals surface area contributed by atoms with Gasteiger partial charge in [0, 0.05) is 22.3 Å². The summed E-state index contributed by atoms with van der Waals surface area (Å²) in [5, 5.41) is 41.1. The van der Waals surface area contributed by atoms with Gasteiger partial charge in [0.25, 0.3) is 0 Å². The predicted molar refractivity (Wildman–Crippen MR) is 96.7 cm³/mol. The van der Waals surface area contributed by atoms with Crippen molar-refractivity contribution in [1.29, 1.82) is 0 Å². The fraction of sp³-hybridized carbons (Fsp3) is 0.619. The molecule has 6 nitrogen and oxygen atoms in total. The van der Waals surface area contributed by atoms with Crippen molar-refractivity contribution in [3.05, 3.63) is 35.4 Å². The van der Waals surface area contributed by atoms with E-state index in [1.54, 1.807) is 13.8 Å². The Kier molecular flexibility index (Phi) is 3.98. The number of carbonyl (C=O) groups excluding carboxylic acids is 1. The molecule has 0 saturated heterocycles. The van der Waals surface area contributed by atoms with E-state index in [4.69, 9.17) is 0 Å². The van der Waals surface area contributed by atoms with E-state index in [2.05, 4.69) is 0 Å². The van der Waals surface area contributed by atoms with Crippen molar-refractivity contribution in [1.82, 2.24) is 0 Å². The number of aliphatic hydroxyl groups excluding tert-OH is 2. The van der Waals surface area contributed by atoms with Gasteiger partial charge in [0.05, 0.1) is 12.4 Å². The number of rotatable bonds is 1. The smallest absolute Gasteiger partial charge is 0.336 e. The minimum atomic E-state index is -1.97. The quantitative estimate of drug-likeness (QED) is 0.402. The van der Waals surface area contributed by atoms with Gasteiger partial charge < -0.3 is 20.4 Å². The Balaban J connectivity index is 1.86. The Hall–Kier alpha value is -1.99. The van der Waals surface area contributed by atoms with Crippen LogP contribution in [0.3, 0.4) is 0 Å². The van der Waals surface area contributed by atoms with Crippen LogP contribution in [0.25, 0.3) is 0 Å². The Morgan fingerprint density at radius 1 is 1.36 bits per heavy atom. The number of aliphatic hydroxyl groups is 3. The molecule has 0 aliphatic heterocycles. The second-order valence-corrected chi connectivity index (χ2v) is 9.29. The SMILES string of the molecule is CC12C/C(=C/O)C(=O)C=C1C(F)=CC1C2C(O)CC2(C)C1CC[C@]2(O)C(=O)O. The first-order chi connectivity index (χ1) is 13.0. The molecular formula is C21H25FO6. The van der Waals surface area contributed by atoms with Gasteiger partial charge in [0.15, 0.2) is 11.4 Å². The van der Waals surface area contributed by atoms with Crippen LogP contribution >= 0.6 is 0 Å². The highest BCUT2D eigenvalue weighted by atomic mass is 19.1. The summed E-state index contributed by atoms with van der Waals surface area (Å²) in [5.74, 6) is -3.55. The Morgan fingerprint density at radius 3 is 2.64 bits per heavy atom. The molecule has 152 valence electrons. The van der Waals surface area contributed by atoms with E-state index in [0.29, 0.717) is 6.42 Å². The average molecular weight is 392 g/mol. The van der Waals surface area contributed by atoms with Crippen molar-refractivity contribution in [2.24, 2.45) is 28.6 Å². The van der Waals surface area contributed by atoms with Crippen LogP contribution < -0.4 is 0 Å². The van der Waals surface area contributed by atoms with E-state index in [1.807, 2.05) is 0 Å². The maximum absolute atomic E-state index is 15.1. The molecule has 7 atom stereocenters. The highest BCUT2D eigenvalue weighted by Gasteiger charge is 2.69. The van der Waals surface area contributed by atoms with E-state index in [9.17, 15) is 30.0 Å². The van der Waals surface area contributed by atoms with Gasteiger partial charge in [0.1, 0.15) is 5.83 Å². The molecule has 0 aromatic rings. The lowest BCUT2D eigenvalue weighted by Gasteiger charge is -2.58. The number of carboxylic acid groups (broad SMARTS) is 1. The number of aliphatic carboxylic acids is 1. The van der Waals surface area contributed by atoms with Gasteiger partial charge in [-0.05, 0) is 55.2 Å². The van der Waals surface area contributed by atoms with Gasteiger partial charge in [0.2, 0.25) is 0 Å². The molecule has 4 N–H and O–H groups in total. The van der Waals surface area contributed by atoms with Crippen molar-refractivity contribution in [3.8, 4) is 0 Å². The van der Waals surface area contributed by atoms with Crippen molar-refractivity contribution in [3.63, 3.8) is 0 Å². The lowest BCUT2D eigenvalue weighted by molar-refractivity contribution is -0.188. The molecule has 0 spiro atoms. The van der Waals surface area contributed by atoms with Crippen LogP contribution in [0.5, 0.6) is 0 Å². The van der Waals surface area contributed by atoms with Crippen LogP contribution in [0.4, 0.5) is 4.39 Å². The van der Waals surface area contributed by atoms with Gasteiger partial charge in [-0.3, -0.25) is 4.79 Å². The zero-order valence-electron chi connectivity index (χ0n) is 15.9. The van der Waals surface area contributed by atoms with Gasteiger partial charge >= 0.3 is 5.97 Å². The number of carbonyl (C=O) groups is 2. The van der Waals surface area contributed by atoms with Crippen LogP contribution in [-0.2, 0) is 9.59 Å². The summed E-state index contributed by atoms with van der Waals surface area (Å²) >= 11 is 0. The molecule has 0 radical (unpaired) electrons. The Labute approximate surface area is 162 Å². The molecule has 0 aromatic heterocycles. The molecule has 0 amide bonds. The molecule has 0 heterocycles. The van der Waals surface area contributed by atoms with Gasteiger partial charge in [-0.2, -0.15) is 0 Å². The Bertz CT molecular complexity index is 859. The van der Waals surface area contributed by atoms with Crippen molar-refractivity contribution in [2.75, 3.05) is 0 Å². The van der Waals surface area contributed by atoms with Crippen LogP contribution in [-0.4, -0.2) is 43.9 Å². The molecular weight excluding hydrogens is 367 g/mol. The largest absolute Gasteiger partial charge is 0.515 e. The molecule has 4 aliphatic rings. The zero-order chi connectivity index (χ0) is 20.6. The normalized spacial score (nSPS) is 49.0. The van der Waals surface area contributed by atoms with Crippen molar-refractivity contribution in [2.45, 2.75) is 51.2 Å². The first kappa shape index (κ1) is 19.3. The lowest BCUT2D eigenvalue weighted by atomic mass is 9.47. The molecule has 2 fully saturated rings. The van der Waals surface area contributed by atoms with E-state index in [0.717, 1.165) is 6.26 Å². The van der Waals surface area contributed by atoms with Crippen LogP contribution in [0.15, 0.2) is 35.4 Å². The molecule has 7 heteroatoms. The number of hydrogen-bond acceptors (Lipinski definition) is 5. The molecule has 2 saturated carbocycles. The summed E-state index contributed by atoms with van der Waals surface area (Å²) in [6, 6.07) is 0. The van der Waals surface area contributed by atoms with E-state index in [1.165, 1.54) is 12.2 Å². The molecule has 0 aromatic carbocycles. The fourth-order valence-corrected chi connectivity index (χ4v) is 6.68. The van der Waals surface area contributed by atoms with Crippen molar-refractivity contribution >= 4 is 11.8 Å². The number of halogens is 1. The summed E-state index contributed by atoms with van der Waals surface area (Å²) in [6.45, 7) is 3.45. The van der Waals surface area contributed by atoms with Crippen LogP contribution in [0.1, 0.15) is 39.5 Å². The zero-order valence-corrected chi connectivity index (χ0v) is 15.9. The predicted octanol–water partition coefficient (Wildman–Crippen LogP) is 2.43. The minimum Gasteiger partial charge on any atom is -0.515 e. The standard InChI is InChI=1S/C21H25FO6/c1-19-7-10(9-23)15(24)6-13(19)14(22)5-11-12-3-4-21(28,18(26)27)20(12,2)8-16(25)17(11)19/h5-6,9,11-12,16-17,23,25,28H,3-4,7-8H2,1-2H3,(H,26,27)/b10-9-/t11?,12?,16?,17?,19?,20?,21-/m0/s1.